The first kappa shape index (κ1) is 20.9. The molecule has 1 aliphatic rings. The van der Waals surface area contributed by atoms with E-state index in [1.165, 1.54) is 12.7 Å². The molecule has 2 rings (SSSR count). The molecule has 0 bridgehead atoms. The molecule has 0 aliphatic heterocycles. The quantitative estimate of drug-likeness (QED) is 0.594. The van der Waals surface area contributed by atoms with Crippen LogP contribution in [0.15, 0.2) is 64.9 Å². The van der Waals surface area contributed by atoms with E-state index in [0.29, 0.717) is 5.69 Å². The molecule has 1 aliphatic carbocycles. The van der Waals surface area contributed by atoms with E-state index in [9.17, 15) is 13.2 Å². The molecule has 0 radical (unpaired) electrons. The smallest absolute Gasteiger partial charge is 0.416 e. The normalized spacial score (nSPS) is 17.7. The first-order valence-electron chi connectivity index (χ1n) is 9.03. The summed E-state index contributed by atoms with van der Waals surface area (Å²) in [5.41, 5.74) is 3.66. The molecule has 0 heterocycles. The van der Waals surface area contributed by atoms with Crippen molar-refractivity contribution in [2.45, 2.75) is 46.2 Å². The molecule has 27 heavy (non-hydrogen) atoms. The molecule has 0 saturated heterocycles. The van der Waals surface area contributed by atoms with Crippen molar-refractivity contribution in [3.63, 3.8) is 0 Å². The van der Waals surface area contributed by atoms with Crippen molar-refractivity contribution in [2.75, 3.05) is 12.4 Å². The zero-order valence-electron chi connectivity index (χ0n) is 16.2. The summed E-state index contributed by atoms with van der Waals surface area (Å²) >= 11 is 0. The highest BCUT2D eigenvalue weighted by atomic mass is 19.4. The van der Waals surface area contributed by atoms with E-state index in [-0.39, 0.29) is 5.75 Å². The van der Waals surface area contributed by atoms with E-state index in [1.54, 1.807) is 6.07 Å². The Kier molecular flexibility index (Phi) is 6.94. The Morgan fingerprint density at radius 2 is 1.96 bits per heavy atom. The van der Waals surface area contributed by atoms with Gasteiger partial charge in [-0.25, -0.2) is 0 Å². The molecule has 2 nitrogen and oxygen atoms in total. The van der Waals surface area contributed by atoms with Crippen LogP contribution in [0.3, 0.4) is 0 Å². The second kappa shape index (κ2) is 8.98. The molecule has 1 N–H and O–H groups in total. The van der Waals surface area contributed by atoms with Crippen LogP contribution in [0.1, 0.15) is 45.6 Å². The number of anilines is 1. The van der Waals surface area contributed by atoms with Crippen LogP contribution >= 0.6 is 0 Å². The van der Waals surface area contributed by atoms with Gasteiger partial charge in [0.15, 0.2) is 0 Å². The Morgan fingerprint density at radius 1 is 1.22 bits per heavy atom. The average molecular weight is 377 g/mol. The van der Waals surface area contributed by atoms with Crippen LogP contribution in [0.2, 0.25) is 0 Å². The molecule has 1 aromatic rings. The van der Waals surface area contributed by atoms with Crippen LogP contribution < -0.4 is 10.1 Å². The topological polar surface area (TPSA) is 21.3 Å². The van der Waals surface area contributed by atoms with E-state index < -0.39 is 11.7 Å². The van der Waals surface area contributed by atoms with E-state index in [4.69, 9.17) is 4.74 Å². The van der Waals surface area contributed by atoms with Crippen LogP contribution in [-0.4, -0.2) is 7.11 Å². The Balaban J connectivity index is 2.56. The van der Waals surface area contributed by atoms with Gasteiger partial charge in [0.25, 0.3) is 0 Å². The van der Waals surface area contributed by atoms with Crippen molar-refractivity contribution in [2.24, 2.45) is 0 Å². The van der Waals surface area contributed by atoms with Gasteiger partial charge in [0.2, 0.25) is 0 Å². The second-order valence-corrected chi connectivity index (χ2v) is 6.70. The summed E-state index contributed by atoms with van der Waals surface area (Å²) in [6.45, 7) is 6.00. The van der Waals surface area contributed by atoms with Gasteiger partial charge in [-0.3, -0.25) is 0 Å². The molecule has 0 saturated carbocycles. The Morgan fingerprint density at radius 3 is 2.56 bits per heavy atom. The third-order valence-electron chi connectivity index (χ3n) is 4.13. The number of hydrogen-bond donors (Lipinski definition) is 1. The first-order chi connectivity index (χ1) is 12.7. The molecule has 1 aromatic carbocycles. The van der Waals surface area contributed by atoms with Crippen LogP contribution in [0.5, 0.6) is 5.75 Å². The fourth-order valence-corrected chi connectivity index (χ4v) is 2.98. The maximum atomic E-state index is 13.2. The summed E-state index contributed by atoms with van der Waals surface area (Å²) in [6.07, 6.45) is 6.63. The number of alkyl halides is 3. The van der Waals surface area contributed by atoms with Gasteiger partial charge in [-0.2, -0.15) is 13.2 Å². The molecule has 0 fully saturated rings. The SMILES string of the molecule is CC/C=C1\CCC=C\C1=C(\C=C(C)C)Nc1cc(OC)cc(C(F)(F)F)c1. The van der Waals surface area contributed by atoms with Crippen LogP contribution in [0.25, 0.3) is 0 Å². The number of hydrogen-bond acceptors (Lipinski definition) is 2. The number of halogens is 3. The van der Waals surface area contributed by atoms with Gasteiger partial charge in [-0.05, 0) is 56.9 Å². The lowest BCUT2D eigenvalue weighted by molar-refractivity contribution is -0.137. The fourth-order valence-electron chi connectivity index (χ4n) is 2.98. The summed E-state index contributed by atoms with van der Waals surface area (Å²) in [5, 5.41) is 3.19. The minimum absolute atomic E-state index is 0.164. The van der Waals surface area contributed by atoms with E-state index >= 15 is 0 Å². The third-order valence-corrected chi connectivity index (χ3v) is 4.13. The van der Waals surface area contributed by atoms with Crippen molar-refractivity contribution in [1.82, 2.24) is 0 Å². The summed E-state index contributed by atoms with van der Waals surface area (Å²) in [4.78, 5) is 0. The summed E-state index contributed by atoms with van der Waals surface area (Å²) in [7, 11) is 1.36. The van der Waals surface area contributed by atoms with Gasteiger partial charge >= 0.3 is 6.18 Å². The molecule has 0 unspecified atom stereocenters. The van der Waals surface area contributed by atoms with E-state index in [1.807, 2.05) is 26.0 Å². The first-order valence-corrected chi connectivity index (χ1v) is 9.03. The molecule has 5 heteroatoms. The maximum Gasteiger partial charge on any atom is 0.416 e. The molecule has 146 valence electrons. The summed E-state index contributed by atoms with van der Waals surface area (Å²) in [5.74, 6) is 0.164. The van der Waals surface area contributed by atoms with Gasteiger partial charge < -0.3 is 10.1 Å². The third kappa shape index (κ3) is 5.78. The molecule has 0 atom stereocenters. The van der Waals surface area contributed by atoms with Crippen LogP contribution in [-0.2, 0) is 6.18 Å². The highest BCUT2D eigenvalue weighted by molar-refractivity contribution is 5.61. The summed E-state index contributed by atoms with van der Waals surface area (Å²) < 4.78 is 44.7. The zero-order valence-corrected chi connectivity index (χ0v) is 16.2. The molecule has 0 spiro atoms. The standard InChI is InChI=1S/C22H26F3NO/c1-5-8-16-9-6-7-10-20(16)21(11-15(2)3)26-18-12-17(22(23,24)25)13-19(14-18)27-4/h7-8,10-14,26H,5-6,9H2,1-4H3/b16-8+,21-20+. The minimum atomic E-state index is -4.44. The number of ether oxygens (including phenoxy) is 1. The second-order valence-electron chi connectivity index (χ2n) is 6.70. The number of benzene rings is 1. The van der Waals surface area contributed by atoms with E-state index in [0.717, 1.165) is 48.2 Å². The van der Waals surface area contributed by atoms with Crippen molar-refractivity contribution >= 4 is 5.69 Å². The lowest BCUT2D eigenvalue weighted by Crippen LogP contribution is -2.09. The number of rotatable bonds is 5. The highest BCUT2D eigenvalue weighted by Crippen LogP contribution is 2.35. The van der Waals surface area contributed by atoms with Gasteiger partial charge in [0, 0.05) is 23.0 Å². The maximum absolute atomic E-state index is 13.2. The Hall–Kier alpha value is -2.43. The lowest BCUT2D eigenvalue weighted by Gasteiger charge is -2.20. The molecule has 0 aromatic heterocycles. The fraction of sp³-hybridized carbons (Fsp3) is 0.364. The predicted molar refractivity (Wildman–Crippen MR) is 105 cm³/mol. The monoisotopic (exact) mass is 377 g/mol. The van der Waals surface area contributed by atoms with Crippen LogP contribution in [0, 0.1) is 0 Å². The average Bonchev–Trinajstić information content (AvgIpc) is 2.60. The predicted octanol–water partition coefficient (Wildman–Crippen LogP) is 7.03. The van der Waals surface area contributed by atoms with Crippen molar-refractivity contribution < 1.29 is 17.9 Å². The van der Waals surface area contributed by atoms with Gasteiger partial charge in [-0.15, -0.1) is 0 Å². The largest absolute Gasteiger partial charge is 0.497 e. The van der Waals surface area contributed by atoms with E-state index in [2.05, 4.69) is 24.4 Å². The number of nitrogens with one attached hydrogen (secondary N) is 1. The van der Waals surface area contributed by atoms with Crippen LogP contribution in [0.4, 0.5) is 18.9 Å². The molecular weight excluding hydrogens is 351 g/mol. The van der Waals surface area contributed by atoms with Gasteiger partial charge in [-0.1, -0.05) is 30.7 Å². The molecule has 0 amide bonds. The number of allylic oxidation sites excluding steroid dienone is 7. The Bertz CT molecular complexity index is 794. The van der Waals surface area contributed by atoms with Gasteiger partial charge in [0.1, 0.15) is 5.75 Å². The van der Waals surface area contributed by atoms with Crippen molar-refractivity contribution in [3.8, 4) is 5.75 Å². The minimum Gasteiger partial charge on any atom is -0.497 e. The van der Waals surface area contributed by atoms with Gasteiger partial charge in [0.05, 0.1) is 12.7 Å². The molecular formula is C22H26F3NO. The highest BCUT2D eigenvalue weighted by Gasteiger charge is 2.31. The summed E-state index contributed by atoms with van der Waals surface area (Å²) in [6, 6.07) is 3.68. The zero-order chi connectivity index (χ0) is 20.0. The Labute approximate surface area is 159 Å². The van der Waals surface area contributed by atoms with Crippen molar-refractivity contribution in [3.05, 3.63) is 70.5 Å². The lowest BCUT2D eigenvalue weighted by atomic mass is 9.92. The van der Waals surface area contributed by atoms with Crippen molar-refractivity contribution in [1.29, 1.82) is 0 Å². The number of methoxy groups -OCH3 is 1.